The molecule has 3 heteroatoms. The molecule has 2 rings (SSSR count). The number of hydrogen-bond acceptors (Lipinski definition) is 2. The lowest BCUT2D eigenvalue weighted by molar-refractivity contribution is 0.0977. The quantitative estimate of drug-likeness (QED) is 0.922. The second-order valence-corrected chi connectivity index (χ2v) is 5.63. The molecule has 1 amide bonds. The fourth-order valence-electron chi connectivity index (χ4n) is 2.38. The predicted octanol–water partition coefficient (Wildman–Crippen LogP) is 4.06. The lowest BCUT2D eigenvalue weighted by atomic mass is 10.1. The fraction of sp³-hybridized carbons (Fsp3) is 0.278. The van der Waals surface area contributed by atoms with Crippen molar-refractivity contribution in [3.63, 3.8) is 0 Å². The van der Waals surface area contributed by atoms with E-state index in [1.165, 1.54) is 0 Å². The molecule has 0 unspecified atom stereocenters. The summed E-state index contributed by atoms with van der Waals surface area (Å²) in [7, 11) is 0. The van der Waals surface area contributed by atoms with Crippen LogP contribution in [-0.2, 0) is 0 Å². The first-order valence-corrected chi connectivity index (χ1v) is 7.10. The van der Waals surface area contributed by atoms with Gasteiger partial charge < -0.3 is 10.0 Å². The summed E-state index contributed by atoms with van der Waals surface area (Å²) in [6.45, 7) is 7.81. The van der Waals surface area contributed by atoms with Gasteiger partial charge in [-0.3, -0.25) is 4.79 Å². The van der Waals surface area contributed by atoms with Crippen LogP contribution < -0.4 is 4.90 Å². The van der Waals surface area contributed by atoms with E-state index in [4.69, 9.17) is 0 Å². The summed E-state index contributed by atoms with van der Waals surface area (Å²) in [4.78, 5) is 14.5. The Balaban J connectivity index is 2.45. The third kappa shape index (κ3) is 3.24. The molecule has 0 spiro atoms. The summed E-state index contributed by atoms with van der Waals surface area (Å²) in [5, 5.41) is 10.0. The average Bonchev–Trinajstić information content (AvgIpc) is 2.38. The summed E-state index contributed by atoms with van der Waals surface area (Å²) < 4.78 is 0. The van der Waals surface area contributed by atoms with Crippen molar-refractivity contribution >= 4 is 11.6 Å². The zero-order valence-electron chi connectivity index (χ0n) is 12.9. The maximum Gasteiger partial charge on any atom is 0.262 e. The summed E-state index contributed by atoms with van der Waals surface area (Å²) in [6, 6.07) is 12.9. The van der Waals surface area contributed by atoms with Crippen molar-refractivity contribution in [3.8, 4) is 5.75 Å². The lowest BCUT2D eigenvalue weighted by Crippen LogP contribution is -2.37. The van der Waals surface area contributed by atoms with Gasteiger partial charge in [0.15, 0.2) is 0 Å². The fourth-order valence-corrected chi connectivity index (χ4v) is 2.38. The first-order chi connectivity index (χ1) is 9.90. The molecule has 0 bridgehead atoms. The Kier molecular flexibility index (Phi) is 4.32. The SMILES string of the molecule is Cc1cccc(N(C(=O)c2ccc(C)cc2O)C(C)C)c1. The highest BCUT2D eigenvalue weighted by Crippen LogP contribution is 2.25. The second kappa shape index (κ2) is 6.00. The molecule has 0 saturated heterocycles. The van der Waals surface area contributed by atoms with Gasteiger partial charge in [-0.05, 0) is 63.1 Å². The molecule has 0 saturated carbocycles. The molecule has 3 nitrogen and oxygen atoms in total. The molecule has 0 atom stereocenters. The van der Waals surface area contributed by atoms with Gasteiger partial charge >= 0.3 is 0 Å². The van der Waals surface area contributed by atoms with Crippen LogP contribution in [0, 0.1) is 13.8 Å². The molecule has 110 valence electrons. The van der Waals surface area contributed by atoms with E-state index in [1.807, 2.05) is 58.0 Å². The Labute approximate surface area is 125 Å². The second-order valence-electron chi connectivity index (χ2n) is 5.63. The van der Waals surface area contributed by atoms with E-state index in [2.05, 4.69) is 0 Å². The number of phenolic OH excluding ortho intramolecular Hbond substituents is 1. The molecule has 2 aromatic rings. The Bertz CT molecular complexity index is 662. The Hall–Kier alpha value is -2.29. The smallest absolute Gasteiger partial charge is 0.262 e. The van der Waals surface area contributed by atoms with Gasteiger partial charge in [-0.2, -0.15) is 0 Å². The number of anilines is 1. The van der Waals surface area contributed by atoms with Gasteiger partial charge in [-0.25, -0.2) is 0 Å². The highest BCUT2D eigenvalue weighted by molar-refractivity contribution is 6.08. The van der Waals surface area contributed by atoms with Crippen molar-refractivity contribution in [3.05, 3.63) is 59.2 Å². The Morgan fingerprint density at radius 3 is 2.29 bits per heavy atom. The molecular weight excluding hydrogens is 262 g/mol. The minimum atomic E-state index is -0.187. The number of aryl methyl sites for hydroxylation is 2. The van der Waals surface area contributed by atoms with Crippen molar-refractivity contribution in [2.45, 2.75) is 33.7 Å². The molecule has 0 fully saturated rings. The maximum atomic E-state index is 12.8. The van der Waals surface area contributed by atoms with Crippen LogP contribution in [0.3, 0.4) is 0 Å². The zero-order valence-corrected chi connectivity index (χ0v) is 12.9. The summed E-state index contributed by atoms with van der Waals surface area (Å²) in [6.07, 6.45) is 0. The minimum Gasteiger partial charge on any atom is -0.507 e. The van der Waals surface area contributed by atoms with Crippen molar-refractivity contribution < 1.29 is 9.90 Å². The summed E-state index contributed by atoms with van der Waals surface area (Å²) in [5.41, 5.74) is 3.19. The normalized spacial score (nSPS) is 10.7. The van der Waals surface area contributed by atoms with Crippen molar-refractivity contribution in [2.24, 2.45) is 0 Å². The van der Waals surface area contributed by atoms with E-state index in [1.54, 1.807) is 17.0 Å². The molecule has 0 radical (unpaired) electrons. The van der Waals surface area contributed by atoms with E-state index in [0.29, 0.717) is 5.56 Å². The van der Waals surface area contributed by atoms with Crippen LogP contribution in [0.15, 0.2) is 42.5 Å². The monoisotopic (exact) mass is 283 g/mol. The van der Waals surface area contributed by atoms with Crippen LogP contribution in [-0.4, -0.2) is 17.1 Å². The number of carbonyl (C=O) groups excluding carboxylic acids is 1. The van der Waals surface area contributed by atoms with Crippen LogP contribution in [0.25, 0.3) is 0 Å². The maximum absolute atomic E-state index is 12.8. The van der Waals surface area contributed by atoms with E-state index < -0.39 is 0 Å². The molecule has 21 heavy (non-hydrogen) atoms. The van der Waals surface area contributed by atoms with Crippen molar-refractivity contribution in [1.82, 2.24) is 0 Å². The van der Waals surface area contributed by atoms with Gasteiger partial charge in [0.05, 0.1) is 5.56 Å². The summed E-state index contributed by atoms with van der Waals surface area (Å²) in [5.74, 6) is -0.161. The largest absolute Gasteiger partial charge is 0.507 e. The number of phenols is 1. The number of benzene rings is 2. The molecule has 0 aliphatic rings. The van der Waals surface area contributed by atoms with E-state index in [-0.39, 0.29) is 17.7 Å². The molecular formula is C18H21NO2. The Morgan fingerprint density at radius 2 is 1.71 bits per heavy atom. The molecule has 0 aromatic heterocycles. The van der Waals surface area contributed by atoms with Crippen LogP contribution >= 0.6 is 0 Å². The number of aromatic hydroxyl groups is 1. The zero-order chi connectivity index (χ0) is 15.6. The highest BCUT2D eigenvalue weighted by atomic mass is 16.3. The minimum absolute atomic E-state index is 0.00000283. The lowest BCUT2D eigenvalue weighted by Gasteiger charge is -2.27. The number of hydrogen-bond donors (Lipinski definition) is 1. The number of rotatable bonds is 3. The van der Waals surface area contributed by atoms with Gasteiger partial charge in [-0.1, -0.05) is 18.2 Å². The molecule has 0 aliphatic carbocycles. The number of amides is 1. The third-order valence-corrected chi connectivity index (χ3v) is 3.40. The van der Waals surface area contributed by atoms with E-state index >= 15 is 0 Å². The van der Waals surface area contributed by atoms with Gasteiger partial charge in [0.2, 0.25) is 0 Å². The third-order valence-electron chi connectivity index (χ3n) is 3.40. The van der Waals surface area contributed by atoms with Crippen molar-refractivity contribution in [1.29, 1.82) is 0 Å². The van der Waals surface area contributed by atoms with Crippen LogP contribution in [0.5, 0.6) is 5.75 Å². The number of nitrogens with zero attached hydrogens (tertiary/aromatic N) is 1. The van der Waals surface area contributed by atoms with E-state index in [0.717, 1.165) is 16.8 Å². The summed E-state index contributed by atoms with van der Waals surface area (Å²) >= 11 is 0. The van der Waals surface area contributed by atoms with Gasteiger partial charge in [-0.15, -0.1) is 0 Å². The first kappa shape index (κ1) is 15.1. The van der Waals surface area contributed by atoms with Gasteiger partial charge in [0.1, 0.15) is 5.75 Å². The molecule has 0 heterocycles. The Morgan fingerprint density at radius 1 is 1.05 bits per heavy atom. The van der Waals surface area contributed by atoms with E-state index in [9.17, 15) is 9.90 Å². The predicted molar refractivity (Wildman–Crippen MR) is 86.0 cm³/mol. The molecule has 1 N–H and O–H groups in total. The van der Waals surface area contributed by atoms with Crippen molar-refractivity contribution in [2.75, 3.05) is 4.90 Å². The van der Waals surface area contributed by atoms with Gasteiger partial charge in [0.25, 0.3) is 5.91 Å². The highest BCUT2D eigenvalue weighted by Gasteiger charge is 2.23. The number of carbonyl (C=O) groups is 1. The molecule has 2 aromatic carbocycles. The van der Waals surface area contributed by atoms with Gasteiger partial charge in [0, 0.05) is 11.7 Å². The van der Waals surface area contributed by atoms with Crippen LogP contribution in [0.2, 0.25) is 0 Å². The average molecular weight is 283 g/mol. The molecule has 0 aliphatic heterocycles. The van der Waals surface area contributed by atoms with Crippen LogP contribution in [0.4, 0.5) is 5.69 Å². The van der Waals surface area contributed by atoms with Crippen LogP contribution in [0.1, 0.15) is 35.3 Å². The topological polar surface area (TPSA) is 40.5 Å². The standard InChI is InChI=1S/C18H21NO2/c1-12(2)19(15-7-5-6-13(3)10-15)18(21)16-9-8-14(4)11-17(16)20/h5-12,20H,1-4H3. The first-order valence-electron chi connectivity index (χ1n) is 7.10.